The maximum Gasteiger partial charge on any atom is 0.432 e. The molecule has 0 amide bonds. The minimum atomic E-state index is -4.49. The minimum absolute atomic E-state index is 0.0649. The van der Waals surface area contributed by atoms with E-state index in [0.717, 1.165) is 36.8 Å². The van der Waals surface area contributed by atoms with Crippen molar-refractivity contribution in [1.29, 1.82) is 0 Å². The summed E-state index contributed by atoms with van der Waals surface area (Å²) in [6.45, 7) is 10.8. The fraction of sp³-hybridized carbons (Fsp3) is 0.520. The van der Waals surface area contributed by atoms with Crippen LogP contribution in [0.3, 0.4) is 0 Å². The quantitative estimate of drug-likeness (QED) is 0.228. The Hall–Kier alpha value is -1.84. The number of nitrogens with zero attached hydrogens (tertiary/aromatic N) is 3. The summed E-state index contributed by atoms with van der Waals surface area (Å²) in [5.41, 5.74) is 4.69. The molecular weight excluding hydrogens is 540 g/mol. The zero-order valence-corrected chi connectivity index (χ0v) is 22.4. The molecule has 0 radical (unpaired) electrons. The first-order valence-corrected chi connectivity index (χ1v) is 12.8. The molecule has 0 spiro atoms. The average molecular weight is 574 g/mol. The van der Waals surface area contributed by atoms with Gasteiger partial charge in [-0.3, -0.25) is 9.67 Å². The van der Waals surface area contributed by atoms with Gasteiger partial charge in [-0.25, -0.2) is 0 Å². The van der Waals surface area contributed by atoms with Crippen molar-refractivity contribution in [1.82, 2.24) is 9.78 Å². The first kappa shape index (κ1) is 27.4. The number of nitrogens with one attached hydrogen (secondary N) is 1. The summed E-state index contributed by atoms with van der Waals surface area (Å²) in [6, 6.07) is 8.17. The number of aromatic nitrogens is 2. The van der Waals surface area contributed by atoms with E-state index in [1.54, 1.807) is 0 Å². The van der Waals surface area contributed by atoms with Gasteiger partial charge < -0.3 is 5.32 Å². The molecule has 1 N–H and O–H groups in total. The highest BCUT2D eigenvalue weighted by molar-refractivity contribution is 14.1. The average Bonchev–Trinajstić information content (AvgIpc) is 3.15. The molecule has 182 valence electrons. The molecule has 1 aliphatic rings. The summed E-state index contributed by atoms with van der Waals surface area (Å²) in [6.07, 6.45) is -1.45. The Morgan fingerprint density at radius 1 is 1.30 bits per heavy atom. The highest BCUT2D eigenvalue weighted by Gasteiger charge is 2.34. The molecule has 0 saturated heterocycles. The smallest absolute Gasteiger partial charge is 0.376 e. The molecule has 1 unspecified atom stereocenters. The molecule has 1 aliphatic heterocycles. The Labute approximate surface area is 208 Å². The van der Waals surface area contributed by atoms with Crippen LogP contribution in [0.5, 0.6) is 0 Å². The zero-order chi connectivity index (χ0) is 24.8. The number of alkyl halides is 4. The molecule has 0 fully saturated rings. The van der Waals surface area contributed by atoms with Gasteiger partial charge in [-0.2, -0.15) is 18.3 Å². The third-order valence-electron chi connectivity index (χ3n) is 5.57. The van der Waals surface area contributed by atoms with Crippen molar-refractivity contribution in [3.8, 4) is 0 Å². The normalized spacial score (nSPS) is 16.9. The minimum Gasteiger partial charge on any atom is -0.376 e. The second kappa shape index (κ2) is 12.0. The summed E-state index contributed by atoms with van der Waals surface area (Å²) >= 11 is 2.29. The topological polar surface area (TPSA) is 42.2 Å². The van der Waals surface area contributed by atoms with E-state index in [1.165, 1.54) is 22.6 Å². The number of benzene rings is 1. The van der Waals surface area contributed by atoms with Gasteiger partial charge in [-0.05, 0) is 65.9 Å². The monoisotopic (exact) mass is 574 g/mol. The molecule has 0 aliphatic carbocycles. The fourth-order valence-corrected chi connectivity index (χ4v) is 3.94. The van der Waals surface area contributed by atoms with Gasteiger partial charge in [0.15, 0.2) is 0 Å². The maximum absolute atomic E-state index is 13.3. The predicted molar refractivity (Wildman–Crippen MR) is 141 cm³/mol. The van der Waals surface area contributed by atoms with Crippen LogP contribution < -0.4 is 5.32 Å². The van der Waals surface area contributed by atoms with E-state index in [2.05, 4.69) is 70.9 Å². The first-order chi connectivity index (χ1) is 15.5. The molecule has 1 aromatic carbocycles. The largest absolute Gasteiger partial charge is 0.432 e. The summed E-state index contributed by atoms with van der Waals surface area (Å²) < 4.78 is 42.9. The molecule has 1 aromatic heterocycles. The van der Waals surface area contributed by atoms with Gasteiger partial charge in [0.1, 0.15) is 5.71 Å². The summed E-state index contributed by atoms with van der Waals surface area (Å²) in [5.74, 6) is -0.119. The third-order valence-corrected chi connectivity index (χ3v) is 5.57. The summed E-state index contributed by atoms with van der Waals surface area (Å²) in [5, 5.41) is 8.31. The van der Waals surface area contributed by atoms with E-state index in [0.29, 0.717) is 11.3 Å². The van der Waals surface area contributed by atoms with Gasteiger partial charge >= 0.3 is 6.18 Å². The van der Waals surface area contributed by atoms with Gasteiger partial charge in [-0.15, -0.1) is 0 Å². The van der Waals surface area contributed by atoms with Gasteiger partial charge in [-0.1, -0.05) is 61.6 Å². The predicted octanol–water partition coefficient (Wildman–Crippen LogP) is 7.56. The van der Waals surface area contributed by atoms with Crippen molar-refractivity contribution in [2.75, 3.05) is 16.8 Å². The molecule has 2 heterocycles. The van der Waals surface area contributed by atoms with Crippen LogP contribution in [0.2, 0.25) is 0 Å². The van der Waals surface area contributed by atoms with Gasteiger partial charge in [0.2, 0.25) is 0 Å². The lowest BCUT2D eigenvalue weighted by Crippen LogP contribution is -2.22. The molecule has 0 bridgehead atoms. The highest BCUT2D eigenvalue weighted by atomic mass is 127. The lowest BCUT2D eigenvalue weighted by atomic mass is 9.96. The number of hydrogen-bond acceptors (Lipinski definition) is 3. The molecule has 33 heavy (non-hydrogen) atoms. The Balaban J connectivity index is 0.00000122. The number of allylic oxidation sites excluding steroid dienone is 2. The lowest BCUT2D eigenvalue weighted by Gasteiger charge is -2.27. The number of fused-ring (bicyclic) bond motifs is 1. The first-order valence-electron chi connectivity index (χ1n) is 11.3. The Morgan fingerprint density at radius 3 is 2.42 bits per heavy atom. The second-order valence-corrected chi connectivity index (χ2v) is 9.94. The molecule has 2 aromatic rings. The second-order valence-electron chi connectivity index (χ2n) is 8.41. The van der Waals surface area contributed by atoms with Crippen LogP contribution in [0.25, 0.3) is 5.57 Å². The van der Waals surface area contributed by atoms with Crippen LogP contribution in [-0.2, 0) is 6.54 Å². The van der Waals surface area contributed by atoms with E-state index < -0.39 is 11.9 Å². The number of aliphatic imine (C=N–C) groups is 1. The van der Waals surface area contributed by atoms with Crippen molar-refractivity contribution in [3.63, 3.8) is 0 Å². The van der Waals surface area contributed by atoms with Gasteiger partial charge in [0.25, 0.3) is 0 Å². The summed E-state index contributed by atoms with van der Waals surface area (Å²) in [4.78, 5) is 3.45. The molecule has 0 saturated carbocycles. The molecule has 8 heteroatoms. The van der Waals surface area contributed by atoms with Crippen LogP contribution in [0.1, 0.15) is 62.2 Å². The summed E-state index contributed by atoms with van der Waals surface area (Å²) in [7, 11) is 1.17. The molecule has 4 nitrogen and oxygen atoms in total. The van der Waals surface area contributed by atoms with Gasteiger partial charge in [0.05, 0.1) is 17.4 Å². The van der Waals surface area contributed by atoms with E-state index in [1.807, 2.05) is 30.7 Å². The number of anilines is 1. The van der Waals surface area contributed by atoms with E-state index in [-0.39, 0.29) is 12.0 Å². The van der Waals surface area contributed by atoms with Crippen LogP contribution in [-0.4, -0.2) is 33.1 Å². The number of hydrogen-bond donors (Lipinski definition) is 1. The van der Waals surface area contributed by atoms with E-state index >= 15 is 0 Å². The number of para-hydroxylation sites is 1. The van der Waals surface area contributed by atoms with Crippen molar-refractivity contribution in [2.45, 2.75) is 66.2 Å². The van der Waals surface area contributed by atoms with E-state index in [9.17, 15) is 13.2 Å². The maximum atomic E-state index is 13.3. The van der Waals surface area contributed by atoms with Crippen molar-refractivity contribution < 1.29 is 13.2 Å². The van der Waals surface area contributed by atoms with Crippen molar-refractivity contribution in [2.24, 2.45) is 10.9 Å². The lowest BCUT2D eigenvalue weighted by molar-refractivity contribution is -0.0577. The standard InChI is InChI=1S/C23H29F3N4.C2H5I/c1-14(2)17(12-21(27-5)23(24,25)26)19-13-20-18(10-7-11-30(20)29-19)28-22-15(3)8-6-9-16(22)4;1-2-3/h6,8-9,12-14,18,28H,7,10-11H2,1-5H3;2H2,1H3/b17-12+,27-21?;. The SMILES string of the molecule is CCI.CN=C(/C=C(/c1cc2n(n1)CCCC2Nc1c(C)cccc1C)C(C)C)C(F)(F)F. The zero-order valence-electron chi connectivity index (χ0n) is 20.2. The molecule has 1 atom stereocenters. The van der Waals surface area contributed by atoms with Crippen molar-refractivity contribution >= 4 is 39.6 Å². The Morgan fingerprint density at radius 2 is 1.91 bits per heavy atom. The highest BCUT2D eigenvalue weighted by Crippen LogP contribution is 2.34. The number of rotatable bonds is 5. The van der Waals surface area contributed by atoms with Crippen LogP contribution in [0, 0.1) is 19.8 Å². The Bertz CT molecular complexity index is 970. The van der Waals surface area contributed by atoms with Gasteiger partial charge in [0, 0.05) is 19.3 Å². The van der Waals surface area contributed by atoms with E-state index in [4.69, 9.17) is 0 Å². The fourth-order valence-electron chi connectivity index (χ4n) is 3.94. The molecule has 3 rings (SSSR count). The van der Waals surface area contributed by atoms with Crippen LogP contribution in [0.4, 0.5) is 18.9 Å². The van der Waals surface area contributed by atoms with Crippen LogP contribution in [0.15, 0.2) is 35.3 Å². The molecular formula is C25H34F3IN4. The number of aryl methyl sites for hydroxylation is 3. The van der Waals surface area contributed by atoms with Crippen molar-refractivity contribution in [3.05, 3.63) is 52.9 Å². The third kappa shape index (κ3) is 7.07. The Kier molecular flexibility index (Phi) is 10.00. The number of halogens is 4. The van der Waals surface area contributed by atoms with Crippen LogP contribution >= 0.6 is 22.6 Å².